The molecule has 4 nitrogen and oxygen atoms in total. The lowest BCUT2D eigenvalue weighted by Crippen LogP contribution is -2.38. The van der Waals surface area contributed by atoms with Gasteiger partial charge >= 0.3 is 0 Å². The van der Waals surface area contributed by atoms with Gasteiger partial charge in [-0.2, -0.15) is 0 Å². The highest BCUT2D eigenvalue weighted by molar-refractivity contribution is 6.05. The molecule has 4 heteroatoms. The molecule has 96 valence electrons. The molecule has 0 spiro atoms. The summed E-state index contributed by atoms with van der Waals surface area (Å²) in [7, 11) is 1.55. The van der Waals surface area contributed by atoms with Gasteiger partial charge < -0.3 is 5.32 Å². The number of rotatable bonds is 3. The zero-order valence-electron chi connectivity index (χ0n) is 11.3. The van der Waals surface area contributed by atoms with Gasteiger partial charge in [0.05, 0.1) is 12.5 Å². The van der Waals surface area contributed by atoms with Crippen molar-refractivity contribution >= 4 is 11.8 Å². The van der Waals surface area contributed by atoms with Crippen LogP contribution in [-0.4, -0.2) is 36.3 Å². The molecule has 17 heavy (non-hydrogen) atoms. The summed E-state index contributed by atoms with van der Waals surface area (Å²) >= 11 is 0. The highest BCUT2D eigenvalue weighted by atomic mass is 16.2. The number of amides is 2. The summed E-state index contributed by atoms with van der Waals surface area (Å²) < 4.78 is 0. The van der Waals surface area contributed by atoms with Crippen LogP contribution in [0.5, 0.6) is 0 Å². The Balaban J connectivity index is 1.89. The van der Waals surface area contributed by atoms with Gasteiger partial charge in [0.15, 0.2) is 0 Å². The summed E-state index contributed by atoms with van der Waals surface area (Å²) in [4.78, 5) is 24.3. The van der Waals surface area contributed by atoms with Crippen molar-refractivity contribution in [2.45, 2.75) is 40.2 Å². The number of carbonyl (C=O) groups is 2. The Labute approximate surface area is 103 Å². The zero-order valence-corrected chi connectivity index (χ0v) is 11.3. The van der Waals surface area contributed by atoms with Crippen molar-refractivity contribution in [3.05, 3.63) is 0 Å². The average molecular weight is 238 g/mol. The number of nitrogens with one attached hydrogen (secondary N) is 1. The summed E-state index contributed by atoms with van der Waals surface area (Å²) in [6, 6.07) is -0.306. The fraction of sp³-hybridized carbons (Fsp3) is 0.846. The van der Waals surface area contributed by atoms with Crippen LogP contribution < -0.4 is 5.32 Å². The van der Waals surface area contributed by atoms with Gasteiger partial charge in [0.25, 0.3) is 0 Å². The molecule has 2 fully saturated rings. The molecule has 0 aromatic carbocycles. The van der Waals surface area contributed by atoms with Crippen LogP contribution in [0.15, 0.2) is 0 Å². The number of imide groups is 1. The number of hydrogen-bond donors (Lipinski definition) is 1. The van der Waals surface area contributed by atoms with Crippen molar-refractivity contribution in [3.8, 4) is 0 Å². The Morgan fingerprint density at radius 1 is 1.24 bits per heavy atom. The van der Waals surface area contributed by atoms with Gasteiger partial charge in [-0.15, -0.1) is 0 Å². The summed E-state index contributed by atoms with van der Waals surface area (Å²) in [6.07, 6.45) is 0.308. The second-order valence-corrected chi connectivity index (χ2v) is 6.45. The van der Waals surface area contributed by atoms with Gasteiger partial charge in [0.1, 0.15) is 0 Å². The van der Waals surface area contributed by atoms with Gasteiger partial charge in [0.2, 0.25) is 11.8 Å². The Morgan fingerprint density at radius 2 is 1.76 bits per heavy atom. The molecule has 1 aliphatic carbocycles. The van der Waals surface area contributed by atoms with Gasteiger partial charge in [-0.1, -0.05) is 27.7 Å². The maximum atomic E-state index is 11.7. The van der Waals surface area contributed by atoms with Crippen LogP contribution in [-0.2, 0) is 9.59 Å². The highest BCUT2D eigenvalue weighted by Gasteiger charge is 2.64. The maximum Gasteiger partial charge on any atom is 0.246 e. The molecule has 0 bridgehead atoms. The smallest absolute Gasteiger partial charge is 0.246 e. The first kappa shape index (κ1) is 12.6. The quantitative estimate of drug-likeness (QED) is 0.747. The first-order valence-electron chi connectivity index (χ1n) is 6.23. The zero-order chi connectivity index (χ0) is 13.0. The molecule has 0 aromatic heterocycles. The largest absolute Gasteiger partial charge is 0.305 e. The van der Waals surface area contributed by atoms with Crippen molar-refractivity contribution in [1.82, 2.24) is 10.2 Å². The number of hydrogen-bond acceptors (Lipinski definition) is 3. The first-order valence-corrected chi connectivity index (χ1v) is 6.23. The third kappa shape index (κ3) is 1.69. The Hall–Kier alpha value is -0.900. The molecular formula is C13H22N2O2. The van der Waals surface area contributed by atoms with Gasteiger partial charge in [-0.3, -0.25) is 14.5 Å². The van der Waals surface area contributed by atoms with Gasteiger partial charge in [-0.05, 0) is 23.3 Å². The predicted molar refractivity (Wildman–Crippen MR) is 65.2 cm³/mol. The standard InChI is InChI=1S/C13H22N2O2/c1-12(2)9(13(12,3)4)7-14-8-6-10(16)15(5)11(8)17/h8-9,14H,6-7H2,1-5H3. The van der Waals surface area contributed by atoms with Crippen LogP contribution in [0.2, 0.25) is 0 Å². The lowest BCUT2D eigenvalue weighted by atomic mass is 10.0. The van der Waals surface area contributed by atoms with E-state index >= 15 is 0 Å². The Bertz CT molecular complexity index is 360. The molecule has 1 saturated heterocycles. The second kappa shape index (κ2) is 3.55. The second-order valence-electron chi connectivity index (χ2n) is 6.45. The molecule has 1 aliphatic heterocycles. The van der Waals surface area contributed by atoms with E-state index in [1.165, 1.54) is 4.90 Å². The molecule has 2 rings (SSSR count). The van der Waals surface area contributed by atoms with E-state index in [1.54, 1.807) is 7.05 Å². The molecule has 1 heterocycles. The summed E-state index contributed by atoms with van der Waals surface area (Å²) in [5, 5.41) is 3.25. The molecule has 0 aromatic rings. The Kier molecular flexibility index (Phi) is 2.62. The lowest BCUT2D eigenvalue weighted by molar-refractivity contribution is -0.137. The average Bonchev–Trinajstić information content (AvgIpc) is 2.46. The van der Waals surface area contributed by atoms with E-state index in [0.29, 0.717) is 23.2 Å². The molecule has 1 unspecified atom stereocenters. The minimum absolute atomic E-state index is 0.0817. The topological polar surface area (TPSA) is 49.4 Å². The fourth-order valence-corrected chi connectivity index (χ4v) is 3.02. The van der Waals surface area contributed by atoms with Crippen LogP contribution in [0.1, 0.15) is 34.1 Å². The monoisotopic (exact) mass is 238 g/mol. The normalized spacial score (nSPS) is 31.1. The van der Waals surface area contributed by atoms with Crippen LogP contribution in [0.25, 0.3) is 0 Å². The van der Waals surface area contributed by atoms with Crippen molar-refractivity contribution in [2.24, 2.45) is 16.7 Å². The third-order valence-corrected chi connectivity index (χ3v) is 5.27. The van der Waals surface area contributed by atoms with Crippen molar-refractivity contribution in [1.29, 1.82) is 0 Å². The molecule has 1 saturated carbocycles. The van der Waals surface area contributed by atoms with Crippen molar-refractivity contribution < 1.29 is 9.59 Å². The van der Waals surface area contributed by atoms with Gasteiger partial charge in [0, 0.05) is 7.05 Å². The number of carbonyl (C=O) groups excluding carboxylic acids is 2. The van der Waals surface area contributed by atoms with Crippen LogP contribution >= 0.6 is 0 Å². The summed E-state index contributed by atoms with van der Waals surface area (Å²) in [6.45, 7) is 9.85. The first-order chi connectivity index (χ1) is 7.69. The fourth-order valence-electron chi connectivity index (χ4n) is 3.02. The van der Waals surface area contributed by atoms with Crippen molar-refractivity contribution in [3.63, 3.8) is 0 Å². The molecule has 1 N–H and O–H groups in total. The summed E-state index contributed by atoms with van der Waals surface area (Å²) in [5.41, 5.74) is 0.634. The SMILES string of the molecule is CN1C(=O)CC(NCC2C(C)(C)C2(C)C)C1=O. The van der Waals surface area contributed by atoms with Gasteiger partial charge in [-0.25, -0.2) is 0 Å². The third-order valence-electron chi connectivity index (χ3n) is 5.27. The van der Waals surface area contributed by atoms with E-state index in [1.807, 2.05) is 0 Å². The summed E-state index contributed by atoms with van der Waals surface area (Å²) in [5.74, 6) is 0.400. The van der Waals surface area contributed by atoms with E-state index in [2.05, 4.69) is 33.0 Å². The van der Waals surface area contributed by atoms with E-state index in [0.717, 1.165) is 6.54 Å². The van der Waals surface area contributed by atoms with Crippen LogP contribution in [0.4, 0.5) is 0 Å². The lowest BCUT2D eigenvalue weighted by Gasteiger charge is -2.11. The molecule has 2 aliphatic rings. The molecule has 0 radical (unpaired) electrons. The number of likely N-dealkylation sites (N-methyl/N-ethyl adjacent to an activating group) is 1. The van der Waals surface area contributed by atoms with Crippen LogP contribution in [0.3, 0.4) is 0 Å². The van der Waals surface area contributed by atoms with Crippen molar-refractivity contribution in [2.75, 3.05) is 13.6 Å². The highest BCUT2D eigenvalue weighted by Crippen LogP contribution is 2.67. The van der Waals surface area contributed by atoms with Crippen LogP contribution in [0, 0.1) is 16.7 Å². The number of likely N-dealkylation sites (tertiary alicyclic amines) is 1. The molecule has 1 atom stereocenters. The Morgan fingerprint density at radius 3 is 2.12 bits per heavy atom. The predicted octanol–water partition coefficient (Wildman–Crippen LogP) is 1.02. The minimum Gasteiger partial charge on any atom is -0.305 e. The number of nitrogens with zero attached hydrogens (tertiary/aromatic N) is 1. The van der Waals surface area contributed by atoms with E-state index < -0.39 is 0 Å². The minimum atomic E-state index is -0.306. The maximum absolute atomic E-state index is 11.7. The van der Waals surface area contributed by atoms with E-state index in [-0.39, 0.29) is 17.9 Å². The molecule has 2 amide bonds. The van der Waals surface area contributed by atoms with E-state index in [4.69, 9.17) is 0 Å². The molecular weight excluding hydrogens is 216 g/mol. The van der Waals surface area contributed by atoms with E-state index in [9.17, 15) is 9.59 Å².